The zero-order chi connectivity index (χ0) is 19.6. The fraction of sp³-hybridized carbons (Fsp3) is 0.737. The first kappa shape index (κ1) is 20.5. The van der Waals surface area contributed by atoms with Crippen LogP contribution in [0.25, 0.3) is 0 Å². The predicted molar refractivity (Wildman–Crippen MR) is 108 cm³/mol. The number of anilines is 1. The van der Waals surface area contributed by atoms with Crippen LogP contribution < -0.4 is 4.90 Å². The molecule has 3 heterocycles. The van der Waals surface area contributed by atoms with E-state index in [2.05, 4.69) is 14.9 Å². The Balaban J connectivity index is 1.48. The largest absolute Gasteiger partial charge is 0.444 e. The number of carbonyl (C=O) groups is 1. The molecule has 2 aliphatic heterocycles. The molecule has 2 saturated heterocycles. The Morgan fingerprint density at radius 1 is 1.07 bits per heavy atom. The van der Waals surface area contributed by atoms with E-state index in [-0.39, 0.29) is 11.4 Å². The van der Waals surface area contributed by atoms with E-state index >= 15 is 0 Å². The first-order valence-corrected chi connectivity index (χ1v) is 10.4. The van der Waals surface area contributed by atoms with E-state index in [9.17, 15) is 4.79 Å². The number of aromatic nitrogens is 2. The van der Waals surface area contributed by atoms with Crippen molar-refractivity contribution >= 4 is 35.1 Å². The van der Waals surface area contributed by atoms with Gasteiger partial charge in [-0.2, -0.15) is 4.98 Å². The minimum Gasteiger partial charge on any atom is -0.444 e. The quantitative estimate of drug-likeness (QED) is 0.659. The molecule has 0 unspecified atom stereocenters. The van der Waals surface area contributed by atoms with Crippen LogP contribution in [0.15, 0.2) is 6.20 Å². The second kappa shape index (κ2) is 8.39. The van der Waals surface area contributed by atoms with Crippen LogP contribution >= 0.6 is 23.2 Å². The van der Waals surface area contributed by atoms with Gasteiger partial charge in [-0.25, -0.2) is 9.78 Å². The lowest BCUT2D eigenvalue weighted by Crippen LogP contribution is -2.44. The lowest BCUT2D eigenvalue weighted by Gasteiger charge is -2.40. The number of halogens is 2. The topological polar surface area (TPSA) is 58.6 Å². The zero-order valence-electron chi connectivity index (χ0n) is 16.3. The van der Waals surface area contributed by atoms with Gasteiger partial charge in [0, 0.05) is 26.2 Å². The molecule has 0 atom stereocenters. The van der Waals surface area contributed by atoms with Crippen LogP contribution in [-0.4, -0.2) is 52.7 Å². The summed E-state index contributed by atoms with van der Waals surface area (Å²) in [7, 11) is 0. The minimum atomic E-state index is -0.439. The molecule has 0 aliphatic carbocycles. The summed E-state index contributed by atoms with van der Waals surface area (Å²) in [6.07, 6.45) is 5.68. The van der Waals surface area contributed by atoms with Crippen LogP contribution in [0, 0.1) is 11.8 Å². The standard InChI is InChI=1S/C19H28Cl2N4O2/c1-19(2,3)27-18(26)25-10-6-14(7-11-25)13-4-8-24(9-5-13)16-15(20)12-22-17(21)23-16/h12-14H,4-11H2,1-3H3. The van der Waals surface area contributed by atoms with Crippen molar-refractivity contribution in [2.45, 2.75) is 52.1 Å². The van der Waals surface area contributed by atoms with Crippen molar-refractivity contribution in [3.05, 3.63) is 16.5 Å². The summed E-state index contributed by atoms with van der Waals surface area (Å²) in [5, 5.41) is 0.773. The number of rotatable bonds is 2. The Bertz CT molecular complexity index is 664. The SMILES string of the molecule is CC(C)(C)OC(=O)N1CCC(C2CCN(c3nc(Cl)ncc3Cl)CC2)CC1. The Hall–Kier alpha value is -1.27. The van der Waals surface area contributed by atoms with Gasteiger partial charge in [-0.1, -0.05) is 11.6 Å². The highest BCUT2D eigenvalue weighted by atomic mass is 35.5. The normalized spacial score (nSPS) is 20.0. The maximum absolute atomic E-state index is 12.2. The molecular weight excluding hydrogens is 387 g/mol. The molecule has 3 rings (SSSR count). The highest BCUT2D eigenvalue weighted by molar-refractivity contribution is 6.33. The number of nitrogens with zero attached hydrogens (tertiary/aromatic N) is 4. The number of ether oxygens (including phenoxy) is 1. The van der Waals surface area contributed by atoms with Crippen LogP contribution in [0.2, 0.25) is 10.3 Å². The fourth-order valence-electron chi connectivity index (χ4n) is 4.02. The summed E-state index contributed by atoms with van der Waals surface area (Å²) in [6.45, 7) is 9.13. The van der Waals surface area contributed by atoms with Crippen molar-refractivity contribution in [3.63, 3.8) is 0 Å². The van der Waals surface area contributed by atoms with E-state index in [4.69, 9.17) is 27.9 Å². The fourth-order valence-corrected chi connectivity index (χ4v) is 4.36. The third kappa shape index (κ3) is 5.38. The van der Waals surface area contributed by atoms with E-state index in [1.165, 1.54) is 0 Å². The van der Waals surface area contributed by atoms with Crippen molar-refractivity contribution < 1.29 is 9.53 Å². The van der Waals surface area contributed by atoms with Crippen molar-refractivity contribution in [2.24, 2.45) is 11.8 Å². The summed E-state index contributed by atoms with van der Waals surface area (Å²) in [6, 6.07) is 0. The molecule has 2 aliphatic rings. The molecular formula is C19H28Cl2N4O2. The summed E-state index contributed by atoms with van der Waals surface area (Å²) in [5.41, 5.74) is -0.439. The molecule has 0 aromatic carbocycles. The molecule has 2 fully saturated rings. The average molecular weight is 415 g/mol. The van der Waals surface area contributed by atoms with Gasteiger partial charge in [0.15, 0.2) is 5.82 Å². The summed E-state index contributed by atoms with van der Waals surface area (Å²) >= 11 is 12.1. The molecule has 0 bridgehead atoms. The van der Waals surface area contributed by atoms with Crippen LogP contribution in [-0.2, 0) is 4.74 Å². The molecule has 1 aromatic heterocycles. The highest BCUT2D eigenvalue weighted by Gasteiger charge is 2.33. The summed E-state index contributed by atoms with van der Waals surface area (Å²) < 4.78 is 5.49. The van der Waals surface area contributed by atoms with Gasteiger partial charge in [-0.15, -0.1) is 0 Å². The molecule has 0 N–H and O–H groups in total. The maximum Gasteiger partial charge on any atom is 0.410 e. The lowest BCUT2D eigenvalue weighted by atomic mass is 9.79. The maximum atomic E-state index is 12.2. The molecule has 0 radical (unpaired) electrons. The van der Waals surface area contributed by atoms with Crippen LogP contribution in [0.5, 0.6) is 0 Å². The van der Waals surface area contributed by atoms with E-state index in [0.29, 0.717) is 16.9 Å². The van der Waals surface area contributed by atoms with E-state index in [0.717, 1.165) is 57.7 Å². The van der Waals surface area contributed by atoms with Crippen LogP contribution in [0.3, 0.4) is 0 Å². The van der Waals surface area contributed by atoms with Gasteiger partial charge in [-0.05, 0) is 69.9 Å². The van der Waals surface area contributed by atoms with Crippen LogP contribution in [0.4, 0.5) is 10.6 Å². The molecule has 8 heteroatoms. The lowest BCUT2D eigenvalue weighted by molar-refractivity contribution is 0.0152. The third-order valence-corrected chi connectivity index (χ3v) is 5.84. The number of carbonyl (C=O) groups excluding carboxylic acids is 1. The first-order chi connectivity index (χ1) is 12.7. The third-order valence-electron chi connectivity index (χ3n) is 5.39. The van der Waals surface area contributed by atoms with Gasteiger partial charge in [0.05, 0.1) is 6.20 Å². The van der Waals surface area contributed by atoms with E-state index in [1.807, 2.05) is 25.7 Å². The van der Waals surface area contributed by atoms with E-state index < -0.39 is 5.60 Å². The minimum absolute atomic E-state index is 0.189. The van der Waals surface area contributed by atoms with Crippen molar-refractivity contribution in [3.8, 4) is 0 Å². The average Bonchev–Trinajstić information content (AvgIpc) is 2.63. The van der Waals surface area contributed by atoms with Gasteiger partial charge in [0.25, 0.3) is 0 Å². The van der Waals surface area contributed by atoms with Gasteiger partial charge in [0.2, 0.25) is 5.28 Å². The monoisotopic (exact) mass is 414 g/mol. The predicted octanol–water partition coefficient (Wildman–Crippen LogP) is 4.65. The first-order valence-electron chi connectivity index (χ1n) is 9.64. The van der Waals surface area contributed by atoms with Crippen molar-refractivity contribution in [1.82, 2.24) is 14.9 Å². The second-order valence-corrected chi connectivity index (χ2v) is 9.19. The number of hydrogen-bond acceptors (Lipinski definition) is 5. The van der Waals surface area contributed by atoms with Crippen molar-refractivity contribution in [1.29, 1.82) is 0 Å². The number of hydrogen-bond donors (Lipinski definition) is 0. The number of likely N-dealkylation sites (tertiary alicyclic amines) is 1. The van der Waals surface area contributed by atoms with E-state index in [1.54, 1.807) is 6.20 Å². The molecule has 150 valence electrons. The summed E-state index contributed by atoms with van der Waals surface area (Å²) in [4.78, 5) is 24.5. The Morgan fingerprint density at radius 2 is 1.63 bits per heavy atom. The Morgan fingerprint density at radius 3 is 2.19 bits per heavy atom. The van der Waals surface area contributed by atoms with Crippen LogP contribution in [0.1, 0.15) is 46.5 Å². The smallest absolute Gasteiger partial charge is 0.410 e. The highest BCUT2D eigenvalue weighted by Crippen LogP contribution is 2.35. The molecule has 6 nitrogen and oxygen atoms in total. The zero-order valence-corrected chi connectivity index (χ0v) is 17.8. The van der Waals surface area contributed by atoms with Gasteiger partial charge < -0.3 is 14.5 Å². The van der Waals surface area contributed by atoms with Crippen molar-refractivity contribution in [2.75, 3.05) is 31.1 Å². The molecule has 27 heavy (non-hydrogen) atoms. The molecule has 0 spiro atoms. The number of piperidine rings is 2. The van der Waals surface area contributed by atoms with Gasteiger partial charge in [-0.3, -0.25) is 0 Å². The molecule has 1 aromatic rings. The summed E-state index contributed by atoms with van der Waals surface area (Å²) in [5.74, 6) is 2.07. The Labute approximate surface area is 171 Å². The van der Waals surface area contributed by atoms with Gasteiger partial charge in [0.1, 0.15) is 10.6 Å². The molecule has 0 saturated carbocycles. The second-order valence-electron chi connectivity index (χ2n) is 8.44. The molecule has 1 amide bonds. The number of amides is 1. The Kier molecular flexibility index (Phi) is 6.36. The van der Waals surface area contributed by atoms with Gasteiger partial charge >= 0.3 is 6.09 Å².